The molecule has 0 aliphatic heterocycles. The SMILES string of the molecule is COc1ccccc1OCC(=O)Nc1c(C(=O)c2ccc(Br)cc2)oc2ccccc12. The summed E-state index contributed by atoms with van der Waals surface area (Å²) < 4.78 is 17.5. The van der Waals surface area contributed by atoms with Crippen LogP contribution in [0.4, 0.5) is 5.69 Å². The first kappa shape index (κ1) is 20.7. The van der Waals surface area contributed by atoms with Crippen molar-refractivity contribution in [3.63, 3.8) is 0 Å². The van der Waals surface area contributed by atoms with Crippen molar-refractivity contribution < 1.29 is 23.5 Å². The van der Waals surface area contributed by atoms with Crippen molar-refractivity contribution in [2.45, 2.75) is 0 Å². The third-order valence-electron chi connectivity index (χ3n) is 4.60. The lowest BCUT2D eigenvalue weighted by Crippen LogP contribution is -2.21. The van der Waals surface area contributed by atoms with E-state index in [9.17, 15) is 9.59 Å². The molecule has 1 amide bonds. The summed E-state index contributed by atoms with van der Waals surface area (Å²) in [6.07, 6.45) is 0. The molecule has 4 rings (SSSR count). The molecule has 1 heterocycles. The van der Waals surface area contributed by atoms with E-state index in [1.54, 1.807) is 60.7 Å². The highest BCUT2D eigenvalue weighted by molar-refractivity contribution is 9.10. The van der Waals surface area contributed by atoms with E-state index in [0.29, 0.717) is 33.7 Å². The number of ether oxygens (including phenoxy) is 2. The van der Waals surface area contributed by atoms with Gasteiger partial charge in [0.05, 0.1) is 12.8 Å². The number of hydrogen-bond acceptors (Lipinski definition) is 5. The second-order valence-corrected chi connectivity index (χ2v) is 7.54. The Balaban J connectivity index is 1.60. The fourth-order valence-corrected chi connectivity index (χ4v) is 3.38. The number of furan rings is 1. The summed E-state index contributed by atoms with van der Waals surface area (Å²) in [6.45, 7) is -0.258. The Morgan fingerprint density at radius 2 is 1.61 bits per heavy atom. The Morgan fingerprint density at radius 1 is 0.935 bits per heavy atom. The number of fused-ring (bicyclic) bond motifs is 1. The lowest BCUT2D eigenvalue weighted by molar-refractivity contribution is -0.118. The van der Waals surface area contributed by atoms with Gasteiger partial charge in [0.25, 0.3) is 5.91 Å². The second-order valence-electron chi connectivity index (χ2n) is 6.63. The van der Waals surface area contributed by atoms with Crippen molar-refractivity contribution >= 4 is 44.3 Å². The highest BCUT2D eigenvalue weighted by Gasteiger charge is 2.23. The number of nitrogens with one attached hydrogen (secondary N) is 1. The molecule has 0 unspecified atom stereocenters. The first-order chi connectivity index (χ1) is 15.1. The van der Waals surface area contributed by atoms with E-state index in [-0.39, 0.29) is 18.2 Å². The number of rotatable bonds is 7. The van der Waals surface area contributed by atoms with Gasteiger partial charge in [0.2, 0.25) is 5.78 Å². The zero-order valence-electron chi connectivity index (χ0n) is 16.6. The molecule has 4 aromatic rings. The zero-order chi connectivity index (χ0) is 21.8. The summed E-state index contributed by atoms with van der Waals surface area (Å²) in [6, 6.07) is 21.1. The first-order valence-corrected chi connectivity index (χ1v) is 10.2. The van der Waals surface area contributed by atoms with Gasteiger partial charge in [-0.3, -0.25) is 9.59 Å². The van der Waals surface area contributed by atoms with Gasteiger partial charge in [0, 0.05) is 15.4 Å². The Bertz CT molecular complexity index is 1250. The lowest BCUT2D eigenvalue weighted by atomic mass is 10.1. The summed E-state index contributed by atoms with van der Waals surface area (Å²) in [5, 5.41) is 3.41. The van der Waals surface area contributed by atoms with Crippen LogP contribution in [0.3, 0.4) is 0 Å². The minimum Gasteiger partial charge on any atom is -0.493 e. The van der Waals surface area contributed by atoms with Gasteiger partial charge in [-0.25, -0.2) is 0 Å². The summed E-state index contributed by atoms with van der Waals surface area (Å²) >= 11 is 3.36. The number of halogens is 1. The van der Waals surface area contributed by atoms with Gasteiger partial charge >= 0.3 is 0 Å². The molecular weight excluding hydrogens is 462 g/mol. The second kappa shape index (κ2) is 9.06. The highest BCUT2D eigenvalue weighted by atomic mass is 79.9. The predicted octanol–water partition coefficient (Wildman–Crippen LogP) is 5.45. The minimum absolute atomic E-state index is 0.0640. The highest BCUT2D eigenvalue weighted by Crippen LogP contribution is 2.33. The number of carbonyl (C=O) groups excluding carboxylic acids is 2. The number of ketones is 1. The van der Waals surface area contributed by atoms with E-state index in [2.05, 4.69) is 21.2 Å². The predicted molar refractivity (Wildman–Crippen MR) is 121 cm³/mol. The van der Waals surface area contributed by atoms with Gasteiger partial charge in [0.15, 0.2) is 23.9 Å². The van der Waals surface area contributed by atoms with Crippen LogP contribution in [0.15, 0.2) is 81.7 Å². The molecule has 0 radical (unpaired) electrons. The summed E-state index contributed by atoms with van der Waals surface area (Å²) in [7, 11) is 1.53. The molecule has 31 heavy (non-hydrogen) atoms. The number of carbonyl (C=O) groups is 2. The van der Waals surface area contributed by atoms with Gasteiger partial charge in [-0.1, -0.05) is 40.2 Å². The number of anilines is 1. The van der Waals surface area contributed by atoms with Crippen molar-refractivity contribution in [3.05, 3.63) is 88.6 Å². The van der Waals surface area contributed by atoms with Crippen molar-refractivity contribution in [3.8, 4) is 11.5 Å². The van der Waals surface area contributed by atoms with Crippen LogP contribution in [0.5, 0.6) is 11.5 Å². The fourth-order valence-electron chi connectivity index (χ4n) is 3.12. The van der Waals surface area contributed by atoms with Gasteiger partial charge in [0.1, 0.15) is 5.58 Å². The summed E-state index contributed by atoms with van der Waals surface area (Å²) in [4.78, 5) is 25.7. The van der Waals surface area contributed by atoms with Crippen LogP contribution in [-0.2, 0) is 4.79 Å². The molecule has 1 aromatic heterocycles. The molecule has 156 valence electrons. The molecule has 3 aromatic carbocycles. The van der Waals surface area contributed by atoms with Crippen LogP contribution < -0.4 is 14.8 Å². The summed E-state index contributed by atoms with van der Waals surface area (Å²) in [5.41, 5.74) is 1.27. The average molecular weight is 480 g/mol. The molecule has 0 fully saturated rings. The average Bonchev–Trinajstić information content (AvgIpc) is 3.16. The molecule has 0 aliphatic rings. The van der Waals surface area contributed by atoms with Gasteiger partial charge in [-0.2, -0.15) is 0 Å². The van der Waals surface area contributed by atoms with Crippen LogP contribution in [0, 0.1) is 0 Å². The number of para-hydroxylation sites is 3. The van der Waals surface area contributed by atoms with Crippen LogP contribution >= 0.6 is 15.9 Å². The van der Waals surface area contributed by atoms with Crippen molar-refractivity contribution in [2.75, 3.05) is 19.0 Å². The van der Waals surface area contributed by atoms with Crippen LogP contribution in [0.2, 0.25) is 0 Å². The molecule has 1 N–H and O–H groups in total. The quantitative estimate of drug-likeness (QED) is 0.356. The Morgan fingerprint density at radius 3 is 2.35 bits per heavy atom. The largest absolute Gasteiger partial charge is 0.493 e. The maximum Gasteiger partial charge on any atom is 0.262 e. The maximum absolute atomic E-state index is 13.1. The number of methoxy groups -OCH3 is 1. The van der Waals surface area contributed by atoms with Gasteiger partial charge in [-0.05, 0) is 48.5 Å². The van der Waals surface area contributed by atoms with E-state index in [1.807, 2.05) is 12.1 Å². The van der Waals surface area contributed by atoms with Crippen molar-refractivity contribution in [1.82, 2.24) is 0 Å². The first-order valence-electron chi connectivity index (χ1n) is 9.44. The van der Waals surface area contributed by atoms with Crippen molar-refractivity contribution in [2.24, 2.45) is 0 Å². The standard InChI is InChI=1S/C24H18BrNO5/c1-29-19-8-4-5-9-20(19)30-14-21(27)26-22-17-6-2-3-7-18(17)31-24(22)23(28)15-10-12-16(25)13-11-15/h2-13H,14H2,1H3,(H,26,27). The lowest BCUT2D eigenvalue weighted by Gasteiger charge is -2.10. The van der Waals surface area contributed by atoms with E-state index >= 15 is 0 Å². The normalized spacial score (nSPS) is 10.6. The molecular formula is C24H18BrNO5. The van der Waals surface area contributed by atoms with Crippen LogP contribution in [0.25, 0.3) is 11.0 Å². The van der Waals surface area contributed by atoms with Gasteiger partial charge < -0.3 is 19.2 Å². The Hall–Kier alpha value is -3.58. The molecule has 6 nitrogen and oxygen atoms in total. The van der Waals surface area contributed by atoms with Gasteiger partial charge in [-0.15, -0.1) is 0 Å². The number of benzene rings is 3. The molecule has 0 saturated heterocycles. The molecule has 0 saturated carbocycles. The molecule has 0 atom stereocenters. The van der Waals surface area contributed by atoms with E-state index < -0.39 is 5.91 Å². The molecule has 0 spiro atoms. The van der Waals surface area contributed by atoms with E-state index in [4.69, 9.17) is 13.9 Å². The molecule has 0 aliphatic carbocycles. The Kier molecular flexibility index (Phi) is 6.04. The van der Waals surface area contributed by atoms with Crippen LogP contribution in [-0.4, -0.2) is 25.4 Å². The zero-order valence-corrected chi connectivity index (χ0v) is 18.1. The maximum atomic E-state index is 13.1. The third kappa shape index (κ3) is 4.46. The third-order valence-corrected chi connectivity index (χ3v) is 5.13. The van der Waals surface area contributed by atoms with Crippen molar-refractivity contribution in [1.29, 1.82) is 0 Å². The van der Waals surface area contributed by atoms with Crippen LogP contribution in [0.1, 0.15) is 16.1 Å². The number of amides is 1. The number of hydrogen-bond donors (Lipinski definition) is 1. The topological polar surface area (TPSA) is 77.8 Å². The molecule has 0 bridgehead atoms. The minimum atomic E-state index is -0.428. The molecule has 7 heteroatoms. The summed E-state index contributed by atoms with van der Waals surface area (Å²) in [5.74, 6) is 0.277. The smallest absolute Gasteiger partial charge is 0.262 e. The Labute approximate surface area is 186 Å². The van der Waals surface area contributed by atoms with E-state index in [0.717, 1.165) is 4.47 Å². The monoisotopic (exact) mass is 479 g/mol. The fraction of sp³-hybridized carbons (Fsp3) is 0.0833. The van der Waals surface area contributed by atoms with E-state index in [1.165, 1.54) is 7.11 Å².